The van der Waals surface area contributed by atoms with Gasteiger partial charge in [-0.25, -0.2) is 0 Å². The highest BCUT2D eigenvalue weighted by atomic mass is 16.2. The Morgan fingerprint density at radius 2 is 2.00 bits per heavy atom. The van der Waals surface area contributed by atoms with Crippen molar-refractivity contribution in [2.75, 3.05) is 0 Å². The molecule has 0 aliphatic carbocycles. The molecule has 0 fully saturated rings. The molecule has 0 unspecified atom stereocenters. The van der Waals surface area contributed by atoms with E-state index in [4.69, 9.17) is 0 Å². The molecule has 0 saturated carbocycles. The summed E-state index contributed by atoms with van der Waals surface area (Å²) in [5.74, 6) is 0. The van der Waals surface area contributed by atoms with Crippen LogP contribution >= 0.6 is 0 Å². The summed E-state index contributed by atoms with van der Waals surface area (Å²) in [6.45, 7) is 0. The minimum atomic E-state index is -0.636. The zero-order valence-electron chi connectivity index (χ0n) is 8.43. The topological polar surface area (TPSA) is 91.5 Å². The molecule has 2 N–H and O–H groups in total. The van der Waals surface area contributed by atoms with Crippen LogP contribution in [0.15, 0.2) is 34.2 Å². The Hall–Kier alpha value is -2.24. The van der Waals surface area contributed by atoms with Crippen LogP contribution in [0.1, 0.15) is 11.4 Å². The fourth-order valence-corrected chi connectivity index (χ4v) is 1.31. The van der Waals surface area contributed by atoms with Gasteiger partial charge in [-0.1, -0.05) is 0 Å². The lowest BCUT2D eigenvalue weighted by Gasteiger charge is -1.99. The van der Waals surface area contributed by atoms with Gasteiger partial charge in [0.15, 0.2) is 0 Å². The normalized spacial score (nSPS) is 10.2. The van der Waals surface area contributed by atoms with Crippen molar-refractivity contribution >= 4 is 0 Å². The van der Waals surface area contributed by atoms with E-state index in [-0.39, 0.29) is 0 Å². The summed E-state index contributed by atoms with van der Waals surface area (Å²) in [7, 11) is 0. The summed E-state index contributed by atoms with van der Waals surface area (Å²) in [5.41, 5.74) is 0.348. The van der Waals surface area contributed by atoms with E-state index < -0.39 is 11.0 Å². The number of nitrogens with zero attached hydrogens (tertiary/aromatic N) is 2. The van der Waals surface area contributed by atoms with Crippen LogP contribution in [0.3, 0.4) is 0 Å². The maximum atomic E-state index is 11.1. The van der Waals surface area contributed by atoms with E-state index in [9.17, 15) is 9.59 Å². The van der Waals surface area contributed by atoms with Crippen LogP contribution in [-0.2, 0) is 12.8 Å². The molecule has 0 saturated heterocycles. The van der Waals surface area contributed by atoms with Gasteiger partial charge in [-0.2, -0.15) is 0 Å². The van der Waals surface area contributed by atoms with E-state index in [1.807, 2.05) is 0 Å². The number of H-pyrrole nitrogens is 2. The summed E-state index contributed by atoms with van der Waals surface area (Å²) in [4.78, 5) is 29.9. The molecule has 0 amide bonds. The average Bonchev–Trinajstić information content (AvgIpc) is 2.32. The smallest absolute Gasteiger partial charge is 0.302 e. The first-order valence-corrected chi connectivity index (χ1v) is 4.81. The molecule has 2 aromatic heterocycles. The monoisotopic (exact) mass is 218 g/mol. The number of hydrogen-bond donors (Lipinski definition) is 2. The fraction of sp³-hybridized carbons (Fsp3) is 0.200. The van der Waals surface area contributed by atoms with E-state index >= 15 is 0 Å². The van der Waals surface area contributed by atoms with E-state index in [0.29, 0.717) is 18.5 Å². The average molecular weight is 218 g/mol. The first-order chi connectivity index (χ1) is 7.75. The number of nitrogens with one attached hydrogen (secondary N) is 2. The van der Waals surface area contributed by atoms with Gasteiger partial charge in [0.2, 0.25) is 5.43 Å². The van der Waals surface area contributed by atoms with E-state index in [1.54, 1.807) is 18.6 Å². The maximum Gasteiger partial charge on any atom is 0.310 e. The number of aromatic nitrogens is 4. The summed E-state index contributed by atoms with van der Waals surface area (Å²) in [6, 6.07) is 1.30. The molecule has 6 heteroatoms. The van der Waals surface area contributed by atoms with Crippen LogP contribution < -0.4 is 11.0 Å². The minimum Gasteiger partial charge on any atom is -0.302 e. The zero-order valence-corrected chi connectivity index (χ0v) is 8.43. The largest absolute Gasteiger partial charge is 0.310 e. The van der Waals surface area contributed by atoms with Gasteiger partial charge in [0, 0.05) is 30.4 Å². The fourth-order valence-electron chi connectivity index (χ4n) is 1.31. The highest BCUT2D eigenvalue weighted by Gasteiger charge is 1.99. The van der Waals surface area contributed by atoms with Crippen molar-refractivity contribution in [2.45, 2.75) is 12.8 Å². The van der Waals surface area contributed by atoms with Crippen molar-refractivity contribution in [2.24, 2.45) is 0 Å². The third-order valence-corrected chi connectivity index (χ3v) is 2.13. The zero-order chi connectivity index (χ0) is 11.4. The molecule has 16 heavy (non-hydrogen) atoms. The Labute approximate surface area is 90.4 Å². The lowest BCUT2D eigenvalue weighted by atomic mass is 10.2. The molecular formula is C10H10N4O2. The third-order valence-electron chi connectivity index (χ3n) is 2.13. The first-order valence-electron chi connectivity index (χ1n) is 4.81. The number of aryl methyl sites for hydroxylation is 2. The lowest BCUT2D eigenvalue weighted by Crippen LogP contribution is -2.27. The Morgan fingerprint density at radius 1 is 1.12 bits per heavy atom. The standard InChI is InChI=1S/C10H10N4O2/c15-9-5-7(13-14-10(9)16)1-2-8-6-11-3-4-12-8/h3-6H,1-2H2,(H,13,15)(H,14,16). The second kappa shape index (κ2) is 4.52. The van der Waals surface area contributed by atoms with Crippen LogP contribution in [0.4, 0.5) is 0 Å². The molecule has 2 rings (SSSR count). The Kier molecular flexibility index (Phi) is 2.90. The number of aromatic amines is 2. The van der Waals surface area contributed by atoms with Crippen molar-refractivity contribution in [1.29, 1.82) is 0 Å². The molecule has 0 aromatic carbocycles. The van der Waals surface area contributed by atoms with E-state index in [1.165, 1.54) is 6.07 Å². The summed E-state index contributed by atoms with van der Waals surface area (Å²) >= 11 is 0. The highest BCUT2D eigenvalue weighted by Crippen LogP contribution is 1.97. The molecule has 6 nitrogen and oxygen atoms in total. The molecule has 0 radical (unpaired) electrons. The molecular weight excluding hydrogens is 208 g/mol. The molecule has 0 aliphatic heterocycles. The molecule has 2 aromatic rings. The molecule has 82 valence electrons. The predicted molar refractivity (Wildman–Crippen MR) is 57.1 cm³/mol. The minimum absolute atomic E-state index is 0.534. The second-order valence-electron chi connectivity index (χ2n) is 3.31. The van der Waals surface area contributed by atoms with E-state index in [0.717, 1.165) is 5.69 Å². The predicted octanol–water partition coefficient (Wildman–Crippen LogP) is -0.362. The summed E-state index contributed by atoms with van der Waals surface area (Å²) in [5, 5.41) is 4.94. The highest BCUT2D eigenvalue weighted by molar-refractivity contribution is 5.04. The lowest BCUT2D eigenvalue weighted by molar-refractivity contribution is 0.818. The van der Waals surface area contributed by atoms with Gasteiger partial charge in [-0.3, -0.25) is 24.7 Å². The molecule has 0 bridgehead atoms. The van der Waals surface area contributed by atoms with E-state index in [2.05, 4.69) is 20.2 Å². The van der Waals surface area contributed by atoms with Gasteiger partial charge in [0.05, 0.1) is 5.69 Å². The van der Waals surface area contributed by atoms with Crippen LogP contribution in [0, 0.1) is 0 Å². The maximum absolute atomic E-state index is 11.1. The quantitative estimate of drug-likeness (QED) is 0.688. The Bertz CT molecular complexity index is 573. The van der Waals surface area contributed by atoms with Gasteiger partial charge in [-0.05, 0) is 12.8 Å². The van der Waals surface area contributed by atoms with Gasteiger partial charge in [0.25, 0.3) is 0 Å². The number of rotatable bonds is 3. The molecule has 2 heterocycles. The SMILES string of the molecule is O=c1cc(CCc2cnccn2)[nH][nH]c1=O. The number of hydrogen-bond acceptors (Lipinski definition) is 4. The van der Waals surface area contributed by atoms with Crippen molar-refractivity contribution < 1.29 is 0 Å². The summed E-state index contributed by atoms with van der Waals surface area (Å²) in [6.07, 6.45) is 6.15. The molecule has 0 aliphatic rings. The third kappa shape index (κ3) is 2.41. The van der Waals surface area contributed by atoms with Crippen LogP contribution in [-0.4, -0.2) is 20.2 Å². The van der Waals surface area contributed by atoms with Crippen molar-refractivity contribution in [3.8, 4) is 0 Å². The Balaban J connectivity index is 2.08. The molecule has 0 spiro atoms. The van der Waals surface area contributed by atoms with Crippen LogP contribution in [0.5, 0.6) is 0 Å². The van der Waals surface area contributed by atoms with Crippen LogP contribution in [0.2, 0.25) is 0 Å². The van der Waals surface area contributed by atoms with Crippen molar-refractivity contribution in [3.05, 3.63) is 56.6 Å². The van der Waals surface area contributed by atoms with Crippen molar-refractivity contribution in [1.82, 2.24) is 20.2 Å². The Morgan fingerprint density at radius 3 is 2.69 bits per heavy atom. The summed E-state index contributed by atoms with van der Waals surface area (Å²) < 4.78 is 0. The van der Waals surface area contributed by atoms with Gasteiger partial charge < -0.3 is 5.10 Å². The van der Waals surface area contributed by atoms with Gasteiger partial charge in [0.1, 0.15) is 0 Å². The van der Waals surface area contributed by atoms with Crippen molar-refractivity contribution in [3.63, 3.8) is 0 Å². The van der Waals surface area contributed by atoms with Crippen LogP contribution in [0.25, 0.3) is 0 Å². The van der Waals surface area contributed by atoms with Gasteiger partial charge >= 0.3 is 5.56 Å². The first kappa shape index (κ1) is 10.3. The van der Waals surface area contributed by atoms with Gasteiger partial charge in [-0.15, -0.1) is 0 Å². The molecule has 0 atom stereocenters. The second-order valence-corrected chi connectivity index (χ2v) is 3.31.